The van der Waals surface area contributed by atoms with Gasteiger partial charge in [0.25, 0.3) is 5.56 Å². The first kappa shape index (κ1) is 14.6. The van der Waals surface area contributed by atoms with Crippen LogP contribution in [0.4, 0.5) is 0 Å². The molecule has 122 valence electrons. The largest absolute Gasteiger partial charge is 0.335 e. The van der Waals surface area contributed by atoms with Gasteiger partial charge in [0.2, 0.25) is 5.91 Å². The topological polar surface area (TPSA) is 83.9 Å². The highest BCUT2D eigenvalue weighted by molar-refractivity contribution is 5.83. The monoisotopic (exact) mass is 323 g/mol. The number of amides is 1. The number of H-pyrrole nitrogens is 1. The Bertz CT molecular complexity index is 974. The Hall–Kier alpha value is -2.96. The molecule has 1 aromatic carbocycles. The van der Waals surface area contributed by atoms with Crippen LogP contribution in [-0.4, -0.2) is 36.9 Å². The zero-order valence-corrected chi connectivity index (χ0v) is 13.3. The van der Waals surface area contributed by atoms with Crippen molar-refractivity contribution in [3.63, 3.8) is 0 Å². The number of carbonyl (C=O) groups is 1. The molecule has 0 saturated heterocycles. The maximum Gasteiger partial charge on any atom is 0.254 e. The molecular formula is C17H17N5O2. The fraction of sp³-hybridized carbons (Fsp3) is 0.294. The zero-order chi connectivity index (χ0) is 16.7. The first-order valence-electron chi connectivity index (χ1n) is 7.91. The summed E-state index contributed by atoms with van der Waals surface area (Å²) >= 11 is 0. The van der Waals surface area contributed by atoms with E-state index in [9.17, 15) is 9.59 Å². The van der Waals surface area contributed by atoms with E-state index >= 15 is 0 Å². The third kappa shape index (κ3) is 2.29. The molecule has 1 atom stereocenters. The number of nitrogens with one attached hydrogen (secondary N) is 1. The number of benzene rings is 1. The highest BCUT2D eigenvalue weighted by atomic mass is 16.2. The van der Waals surface area contributed by atoms with Gasteiger partial charge in [0.15, 0.2) is 0 Å². The molecule has 24 heavy (non-hydrogen) atoms. The average molecular weight is 323 g/mol. The Labute approximate surface area is 138 Å². The second-order valence-corrected chi connectivity index (χ2v) is 5.98. The van der Waals surface area contributed by atoms with Gasteiger partial charge in [-0.1, -0.05) is 12.1 Å². The fourth-order valence-electron chi connectivity index (χ4n) is 3.22. The number of hydrogen-bond donors (Lipinski definition) is 1. The maximum absolute atomic E-state index is 12.9. The quantitative estimate of drug-likeness (QED) is 0.769. The number of rotatable bonds is 2. The lowest BCUT2D eigenvalue weighted by Crippen LogP contribution is -2.41. The van der Waals surface area contributed by atoms with Crippen molar-refractivity contribution in [2.75, 3.05) is 6.54 Å². The van der Waals surface area contributed by atoms with E-state index in [-0.39, 0.29) is 17.5 Å². The molecule has 0 radical (unpaired) electrons. The lowest BCUT2D eigenvalue weighted by atomic mass is 10.1. The second kappa shape index (κ2) is 5.59. The van der Waals surface area contributed by atoms with Gasteiger partial charge in [-0.3, -0.25) is 9.59 Å². The fourth-order valence-corrected chi connectivity index (χ4v) is 3.22. The minimum Gasteiger partial charge on any atom is -0.335 e. The SMILES string of the molecule is C[C@@H](C(=O)N1CCc2c(nc[nH]c2=O)C1)n1cnc2ccccc21. The number of carbonyl (C=O) groups excluding carboxylic acids is 1. The van der Waals surface area contributed by atoms with Crippen molar-refractivity contribution < 1.29 is 4.79 Å². The standard InChI is InChI=1S/C17H17N5O2/c1-11(22-10-20-13-4-2-3-5-15(13)22)17(24)21-7-6-12-14(8-21)18-9-19-16(12)23/h2-5,9-11H,6-8H2,1H3,(H,18,19,23)/t11-/m0/s1. The van der Waals surface area contributed by atoms with E-state index in [0.717, 1.165) is 11.0 Å². The third-order valence-electron chi connectivity index (χ3n) is 4.58. The lowest BCUT2D eigenvalue weighted by molar-refractivity contribution is -0.135. The van der Waals surface area contributed by atoms with Crippen LogP contribution in [0.15, 0.2) is 41.7 Å². The molecular weight excluding hydrogens is 306 g/mol. The summed E-state index contributed by atoms with van der Waals surface area (Å²) in [6, 6.07) is 7.39. The van der Waals surface area contributed by atoms with Crippen molar-refractivity contribution in [2.24, 2.45) is 0 Å². The van der Waals surface area contributed by atoms with Gasteiger partial charge in [-0.05, 0) is 25.5 Å². The van der Waals surface area contributed by atoms with Crippen molar-refractivity contribution in [2.45, 2.75) is 25.9 Å². The molecule has 0 unspecified atom stereocenters. The highest BCUT2D eigenvalue weighted by Crippen LogP contribution is 2.21. The van der Waals surface area contributed by atoms with Gasteiger partial charge in [-0.15, -0.1) is 0 Å². The van der Waals surface area contributed by atoms with Crippen LogP contribution in [0.25, 0.3) is 11.0 Å². The number of para-hydroxylation sites is 2. The van der Waals surface area contributed by atoms with Crippen molar-refractivity contribution in [1.82, 2.24) is 24.4 Å². The number of aromatic amines is 1. The second-order valence-electron chi connectivity index (χ2n) is 5.98. The zero-order valence-electron chi connectivity index (χ0n) is 13.3. The van der Waals surface area contributed by atoms with Gasteiger partial charge in [-0.25, -0.2) is 9.97 Å². The number of fused-ring (bicyclic) bond motifs is 2. The number of imidazole rings is 1. The molecule has 1 amide bonds. The van der Waals surface area contributed by atoms with Crippen LogP contribution in [0, 0.1) is 0 Å². The normalized spacial score (nSPS) is 15.3. The Balaban J connectivity index is 1.61. The van der Waals surface area contributed by atoms with E-state index in [0.29, 0.717) is 30.8 Å². The molecule has 7 heteroatoms. The van der Waals surface area contributed by atoms with Crippen LogP contribution < -0.4 is 5.56 Å². The Morgan fingerprint density at radius 2 is 2.12 bits per heavy atom. The summed E-state index contributed by atoms with van der Waals surface area (Å²) in [6.07, 6.45) is 3.62. The minimum absolute atomic E-state index is 0.00545. The van der Waals surface area contributed by atoms with Crippen molar-refractivity contribution in [3.05, 3.63) is 58.5 Å². The van der Waals surface area contributed by atoms with Gasteiger partial charge in [0.05, 0.1) is 35.9 Å². The lowest BCUT2D eigenvalue weighted by Gasteiger charge is -2.30. The first-order valence-corrected chi connectivity index (χ1v) is 7.91. The van der Waals surface area contributed by atoms with Crippen LogP contribution in [0.2, 0.25) is 0 Å². The van der Waals surface area contributed by atoms with E-state index < -0.39 is 0 Å². The van der Waals surface area contributed by atoms with E-state index in [4.69, 9.17) is 0 Å². The van der Waals surface area contributed by atoms with E-state index in [2.05, 4.69) is 15.0 Å². The molecule has 0 fully saturated rings. The Morgan fingerprint density at radius 3 is 3.00 bits per heavy atom. The van der Waals surface area contributed by atoms with Crippen molar-refractivity contribution >= 4 is 16.9 Å². The van der Waals surface area contributed by atoms with Gasteiger partial charge in [0, 0.05) is 12.1 Å². The van der Waals surface area contributed by atoms with Crippen molar-refractivity contribution in [1.29, 1.82) is 0 Å². The van der Waals surface area contributed by atoms with Crippen LogP contribution in [0.5, 0.6) is 0 Å². The molecule has 0 spiro atoms. The predicted molar refractivity (Wildman–Crippen MR) is 88.4 cm³/mol. The summed E-state index contributed by atoms with van der Waals surface area (Å²) in [6.45, 7) is 2.77. The third-order valence-corrected chi connectivity index (χ3v) is 4.58. The van der Waals surface area contributed by atoms with Gasteiger partial charge >= 0.3 is 0 Å². The van der Waals surface area contributed by atoms with Crippen molar-refractivity contribution in [3.8, 4) is 0 Å². The summed E-state index contributed by atoms with van der Waals surface area (Å²) < 4.78 is 1.89. The van der Waals surface area contributed by atoms with Crippen LogP contribution >= 0.6 is 0 Å². The molecule has 3 aromatic rings. The summed E-state index contributed by atoms with van der Waals surface area (Å²) in [5.74, 6) is 0.00545. The summed E-state index contributed by atoms with van der Waals surface area (Å²) in [5.41, 5.74) is 3.06. The molecule has 7 nitrogen and oxygen atoms in total. The Morgan fingerprint density at radius 1 is 1.29 bits per heavy atom. The maximum atomic E-state index is 12.9. The van der Waals surface area contributed by atoms with Crippen LogP contribution in [-0.2, 0) is 17.8 Å². The molecule has 1 N–H and O–H groups in total. The van der Waals surface area contributed by atoms with E-state index in [1.54, 1.807) is 11.2 Å². The highest BCUT2D eigenvalue weighted by Gasteiger charge is 2.28. The van der Waals surface area contributed by atoms with Gasteiger partial charge < -0.3 is 14.5 Å². The number of hydrogen-bond acceptors (Lipinski definition) is 4. The Kier molecular flexibility index (Phi) is 3.41. The minimum atomic E-state index is -0.360. The molecule has 3 heterocycles. The van der Waals surface area contributed by atoms with Gasteiger partial charge in [0.1, 0.15) is 6.04 Å². The van der Waals surface area contributed by atoms with E-state index in [1.165, 1.54) is 6.33 Å². The van der Waals surface area contributed by atoms with Crippen LogP contribution in [0.1, 0.15) is 24.2 Å². The predicted octanol–water partition coefficient (Wildman–Crippen LogP) is 1.27. The number of nitrogens with zero attached hydrogens (tertiary/aromatic N) is 4. The van der Waals surface area contributed by atoms with Crippen LogP contribution in [0.3, 0.4) is 0 Å². The smallest absolute Gasteiger partial charge is 0.254 e. The van der Waals surface area contributed by atoms with E-state index in [1.807, 2.05) is 35.8 Å². The summed E-state index contributed by atoms with van der Waals surface area (Å²) in [7, 11) is 0. The molecule has 2 aromatic heterocycles. The molecule has 0 saturated carbocycles. The number of aromatic nitrogens is 4. The first-order chi connectivity index (χ1) is 11.6. The average Bonchev–Trinajstić information content (AvgIpc) is 3.04. The summed E-state index contributed by atoms with van der Waals surface area (Å²) in [5, 5.41) is 0. The molecule has 0 aliphatic carbocycles. The summed E-state index contributed by atoms with van der Waals surface area (Å²) in [4.78, 5) is 37.6. The van der Waals surface area contributed by atoms with Gasteiger partial charge in [-0.2, -0.15) is 0 Å². The molecule has 4 rings (SSSR count). The molecule has 0 bridgehead atoms. The molecule has 1 aliphatic heterocycles. The molecule has 1 aliphatic rings.